The van der Waals surface area contributed by atoms with Crippen molar-refractivity contribution in [2.45, 2.75) is 45.3 Å². The average molecular weight is 259 g/mol. The second-order valence-electron chi connectivity index (χ2n) is 4.87. The van der Waals surface area contributed by atoms with Crippen LogP contribution in [0.3, 0.4) is 0 Å². The maximum atomic E-state index is 5.03. The zero-order chi connectivity index (χ0) is 11.4. The summed E-state index contributed by atoms with van der Waals surface area (Å²) in [6.07, 6.45) is 6.30. The van der Waals surface area contributed by atoms with Crippen LogP contribution in [0.25, 0.3) is 0 Å². The third-order valence-electron chi connectivity index (χ3n) is 3.14. The molecule has 0 radical (unpaired) electrons. The SMILES string of the molecule is CC(C)N(CCNCc1ccoc1)C1CC1.Cl. The van der Waals surface area contributed by atoms with Crippen molar-refractivity contribution < 1.29 is 4.42 Å². The Bertz CT molecular complexity index is 294. The van der Waals surface area contributed by atoms with Crippen LogP contribution in [0, 0.1) is 0 Å². The highest BCUT2D eigenvalue weighted by Crippen LogP contribution is 2.27. The van der Waals surface area contributed by atoms with Crippen LogP contribution < -0.4 is 5.32 Å². The van der Waals surface area contributed by atoms with Gasteiger partial charge in [-0.1, -0.05) is 0 Å². The van der Waals surface area contributed by atoms with Crippen molar-refractivity contribution >= 4 is 12.4 Å². The number of rotatable bonds is 7. The van der Waals surface area contributed by atoms with Crippen molar-refractivity contribution in [1.82, 2.24) is 10.2 Å². The first-order valence-electron chi connectivity index (χ1n) is 6.25. The molecule has 1 fully saturated rings. The summed E-state index contributed by atoms with van der Waals surface area (Å²) in [5.74, 6) is 0. The Morgan fingerprint density at radius 3 is 2.76 bits per heavy atom. The summed E-state index contributed by atoms with van der Waals surface area (Å²) in [4.78, 5) is 2.60. The predicted octanol–water partition coefficient (Wildman–Crippen LogP) is 2.66. The maximum Gasteiger partial charge on any atom is 0.0947 e. The van der Waals surface area contributed by atoms with Crippen molar-refractivity contribution in [3.63, 3.8) is 0 Å². The topological polar surface area (TPSA) is 28.4 Å². The molecule has 1 N–H and O–H groups in total. The number of hydrogen-bond donors (Lipinski definition) is 1. The molecular formula is C13H23ClN2O. The highest BCUT2D eigenvalue weighted by Gasteiger charge is 2.29. The summed E-state index contributed by atoms with van der Waals surface area (Å²) >= 11 is 0. The first-order valence-corrected chi connectivity index (χ1v) is 6.25. The molecule has 0 amide bonds. The molecule has 0 spiro atoms. The lowest BCUT2D eigenvalue weighted by molar-refractivity contribution is 0.211. The van der Waals surface area contributed by atoms with Crippen LogP contribution in [0.15, 0.2) is 23.0 Å². The van der Waals surface area contributed by atoms with Gasteiger partial charge in [-0.25, -0.2) is 0 Å². The maximum absolute atomic E-state index is 5.03. The van der Waals surface area contributed by atoms with Gasteiger partial charge in [-0.05, 0) is 32.8 Å². The summed E-state index contributed by atoms with van der Waals surface area (Å²) in [6.45, 7) is 7.69. The van der Waals surface area contributed by atoms with E-state index in [-0.39, 0.29) is 12.4 Å². The summed E-state index contributed by atoms with van der Waals surface area (Å²) in [7, 11) is 0. The number of hydrogen-bond acceptors (Lipinski definition) is 3. The standard InChI is InChI=1S/C13H22N2O.ClH/c1-11(2)15(13-3-4-13)7-6-14-9-12-5-8-16-10-12;/h5,8,10-11,13-14H,3-4,6-7,9H2,1-2H3;1H. The van der Waals surface area contributed by atoms with Crippen LogP contribution in [0.2, 0.25) is 0 Å². The molecule has 1 heterocycles. The summed E-state index contributed by atoms with van der Waals surface area (Å²) < 4.78 is 5.03. The molecular weight excluding hydrogens is 236 g/mol. The van der Waals surface area contributed by atoms with Crippen molar-refractivity contribution in [1.29, 1.82) is 0 Å². The number of furan rings is 1. The van der Waals surface area contributed by atoms with Crippen LogP contribution >= 0.6 is 12.4 Å². The molecule has 1 aromatic rings. The number of nitrogens with one attached hydrogen (secondary N) is 1. The Labute approximate surface area is 110 Å². The molecule has 0 saturated heterocycles. The lowest BCUT2D eigenvalue weighted by Gasteiger charge is -2.26. The average Bonchev–Trinajstić information content (AvgIpc) is 2.94. The van der Waals surface area contributed by atoms with Gasteiger partial charge in [-0.3, -0.25) is 4.90 Å². The molecule has 17 heavy (non-hydrogen) atoms. The summed E-state index contributed by atoms with van der Waals surface area (Å²) in [5, 5.41) is 3.45. The van der Waals surface area contributed by atoms with Gasteiger partial charge < -0.3 is 9.73 Å². The minimum atomic E-state index is 0. The highest BCUT2D eigenvalue weighted by molar-refractivity contribution is 5.85. The molecule has 4 heteroatoms. The Kier molecular flexibility index (Phi) is 6.03. The van der Waals surface area contributed by atoms with E-state index in [1.807, 2.05) is 6.07 Å². The third kappa shape index (κ3) is 4.70. The fraction of sp³-hybridized carbons (Fsp3) is 0.692. The smallest absolute Gasteiger partial charge is 0.0947 e. The largest absolute Gasteiger partial charge is 0.472 e. The summed E-state index contributed by atoms with van der Waals surface area (Å²) in [6, 6.07) is 3.53. The molecule has 98 valence electrons. The quantitative estimate of drug-likeness (QED) is 0.763. The molecule has 0 bridgehead atoms. The Hall–Kier alpha value is -0.510. The second kappa shape index (κ2) is 7.04. The Balaban J connectivity index is 0.00000144. The molecule has 3 nitrogen and oxygen atoms in total. The van der Waals surface area contributed by atoms with E-state index in [2.05, 4.69) is 24.1 Å². The van der Waals surface area contributed by atoms with Gasteiger partial charge in [-0.2, -0.15) is 0 Å². The van der Waals surface area contributed by atoms with E-state index in [0.29, 0.717) is 6.04 Å². The highest BCUT2D eigenvalue weighted by atomic mass is 35.5. The van der Waals surface area contributed by atoms with E-state index in [4.69, 9.17) is 4.42 Å². The molecule has 1 aliphatic carbocycles. The predicted molar refractivity (Wildman–Crippen MR) is 72.5 cm³/mol. The van der Waals surface area contributed by atoms with Crippen LogP contribution in [0.1, 0.15) is 32.3 Å². The van der Waals surface area contributed by atoms with E-state index in [1.54, 1.807) is 12.5 Å². The molecule has 1 saturated carbocycles. The van der Waals surface area contributed by atoms with Gasteiger partial charge in [0.2, 0.25) is 0 Å². The van der Waals surface area contributed by atoms with Crippen molar-refractivity contribution in [2.75, 3.05) is 13.1 Å². The molecule has 2 rings (SSSR count). The van der Waals surface area contributed by atoms with Gasteiger partial charge in [0.15, 0.2) is 0 Å². The first kappa shape index (κ1) is 14.6. The van der Waals surface area contributed by atoms with E-state index >= 15 is 0 Å². The van der Waals surface area contributed by atoms with E-state index in [1.165, 1.54) is 18.4 Å². The van der Waals surface area contributed by atoms with E-state index < -0.39 is 0 Å². The first-order chi connectivity index (χ1) is 7.77. The van der Waals surface area contributed by atoms with E-state index in [9.17, 15) is 0 Å². The van der Waals surface area contributed by atoms with Crippen LogP contribution in [-0.2, 0) is 6.54 Å². The minimum absolute atomic E-state index is 0. The minimum Gasteiger partial charge on any atom is -0.472 e. The monoisotopic (exact) mass is 258 g/mol. The molecule has 1 aliphatic rings. The Morgan fingerprint density at radius 2 is 2.24 bits per heavy atom. The molecule has 0 aliphatic heterocycles. The normalized spacial score (nSPS) is 15.3. The van der Waals surface area contributed by atoms with Gasteiger partial charge in [0.25, 0.3) is 0 Å². The van der Waals surface area contributed by atoms with Crippen molar-refractivity contribution in [2.24, 2.45) is 0 Å². The molecule has 0 aromatic carbocycles. The fourth-order valence-electron chi connectivity index (χ4n) is 2.10. The Morgan fingerprint density at radius 1 is 1.47 bits per heavy atom. The van der Waals surface area contributed by atoms with E-state index in [0.717, 1.165) is 25.7 Å². The summed E-state index contributed by atoms with van der Waals surface area (Å²) in [5.41, 5.74) is 1.22. The van der Waals surface area contributed by atoms with Crippen LogP contribution in [0.4, 0.5) is 0 Å². The molecule has 0 atom stereocenters. The van der Waals surface area contributed by atoms with Crippen molar-refractivity contribution in [3.8, 4) is 0 Å². The van der Waals surface area contributed by atoms with Gasteiger partial charge in [0, 0.05) is 37.3 Å². The molecule has 0 unspecified atom stereocenters. The van der Waals surface area contributed by atoms with Crippen molar-refractivity contribution in [3.05, 3.63) is 24.2 Å². The lowest BCUT2D eigenvalue weighted by atomic mass is 10.3. The zero-order valence-electron chi connectivity index (χ0n) is 10.7. The lowest BCUT2D eigenvalue weighted by Crippen LogP contribution is -2.38. The van der Waals surface area contributed by atoms with Gasteiger partial charge in [0.1, 0.15) is 0 Å². The number of halogens is 1. The molecule has 1 aromatic heterocycles. The fourth-order valence-corrected chi connectivity index (χ4v) is 2.10. The van der Waals surface area contributed by atoms with Crippen LogP contribution in [0.5, 0.6) is 0 Å². The number of nitrogens with zero attached hydrogens (tertiary/aromatic N) is 1. The van der Waals surface area contributed by atoms with Crippen LogP contribution in [-0.4, -0.2) is 30.1 Å². The third-order valence-corrected chi connectivity index (χ3v) is 3.14. The second-order valence-corrected chi connectivity index (χ2v) is 4.87. The zero-order valence-corrected chi connectivity index (χ0v) is 11.5. The van der Waals surface area contributed by atoms with Gasteiger partial charge >= 0.3 is 0 Å². The van der Waals surface area contributed by atoms with Gasteiger partial charge in [-0.15, -0.1) is 12.4 Å². The van der Waals surface area contributed by atoms with Gasteiger partial charge in [0.05, 0.1) is 12.5 Å².